The molecule has 2 N–H and O–H groups in total. The number of hydrogen-bond acceptors (Lipinski definition) is 4. The molecule has 0 aliphatic carbocycles. The van der Waals surface area contributed by atoms with E-state index in [-0.39, 0.29) is 16.8 Å². The summed E-state index contributed by atoms with van der Waals surface area (Å²) in [6.07, 6.45) is 2.50. The number of sulfonamides is 1. The largest absolute Gasteiger partial charge is 0.487 e. The van der Waals surface area contributed by atoms with E-state index in [1.54, 1.807) is 0 Å². The van der Waals surface area contributed by atoms with Crippen LogP contribution >= 0.6 is 12.2 Å². The van der Waals surface area contributed by atoms with Crippen LogP contribution in [0.3, 0.4) is 0 Å². The predicted molar refractivity (Wildman–Crippen MR) is 109 cm³/mol. The summed E-state index contributed by atoms with van der Waals surface area (Å²) in [5.41, 5.74) is 3.07. The molecule has 1 heterocycles. The summed E-state index contributed by atoms with van der Waals surface area (Å²) in [6, 6.07) is 0.105. The minimum Gasteiger partial charge on any atom is -0.487 e. The number of hydrogen-bond donors (Lipinski definition) is 2. The van der Waals surface area contributed by atoms with E-state index in [1.807, 2.05) is 34.6 Å². The molecule has 0 bridgehead atoms. The second-order valence-corrected chi connectivity index (χ2v) is 9.79. The van der Waals surface area contributed by atoms with Crippen molar-refractivity contribution < 1.29 is 13.2 Å². The van der Waals surface area contributed by atoms with Crippen LogP contribution in [0, 0.1) is 20.8 Å². The van der Waals surface area contributed by atoms with Crippen molar-refractivity contribution in [3.05, 3.63) is 22.3 Å². The second-order valence-electron chi connectivity index (χ2n) is 7.76. The first kappa shape index (κ1) is 21.0. The van der Waals surface area contributed by atoms with E-state index >= 15 is 0 Å². The number of ether oxygens (including phenoxy) is 1. The molecule has 7 heteroatoms. The lowest BCUT2D eigenvalue weighted by Crippen LogP contribution is -2.43. The molecule has 1 unspecified atom stereocenters. The molecule has 5 nitrogen and oxygen atoms in total. The summed E-state index contributed by atoms with van der Waals surface area (Å²) in [7, 11) is -3.77. The molecule has 2 rings (SSSR count). The molecule has 0 fully saturated rings. The third kappa shape index (κ3) is 4.14. The number of thiocarbonyl (C=S) groups is 1. The molecule has 0 saturated carbocycles. The quantitative estimate of drug-likeness (QED) is 0.758. The highest BCUT2D eigenvalue weighted by molar-refractivity contribution is 7.92. The van der Waals surface area contributed by atoms with Gasteiger partial charge in [0.15, 0.2) is 5.11 Å². The van der Waals surface area contributed by atoms with Gasteiger partial charge in [-0.2, -0.15) is 0 Å². The molecule has 0 aromatic heterocycles. The molecule has 146 valence electrons. The zero-order valence-electron chi connectivity index (χ0n) is 16.7. The topological polar surface area (TPSA) is 67.4 Å². The summed E-state index contributed by atoms with van der Waals surface area (Å²) in [4.78, 5) is 0.311. The molecule has 1 atom stereocenters. The van der Waals surface area contributed by atoms with Crippen molar-refractivity contribution in [3.63, 3.8) is 0 Å². The minimum absolute atomic E-state index is 0.105. The lowest BCUT2D eigenvalue weighted by atomic mass is 9.88. The minimum atomic E-state index is -3.77. The summed E-state index contributed by atoms with van der Waals surface area (Å²) in [6.45, 7) is 13.7. The van der Waals surface area contributed by atoms with Gasteiger partial charge >= 0.3 is 0 Å². The van der Waals surface area contributed by atoms with Crippen molar-refractivity contribution in [3.8, 4) is 5.75 Å². The third-order valence-corrected chi connectivity index (χ3v) is 7.12. The van der Waals surface area contributed by atoms with Gasteiger partial charge in [-0.1, -0.05) is 6.92 Å². The van der Waals surface area contributed by atoms with E-state index in [4.69, 9.17) is 17.0 Å². The Morgan fingerprint density at radius 3 is 2.42 bits per heavy atom. The van der Waals surface area contributed by atoms with E-state index in [1.165, 1.54) is 0 Å². The highest BCUT2D eigenvalue weighted by Crippen LogP contribution is 2.42. The Morgan fingerprint density at radius 2 is 1.85 bits per heavy atom. The van der Waals surface area contributed by atoms with E-state index in [9.17, 15) is 8.42 Å². The van der Waals surface area contributed by atoms with Crippen molar-refractivity contribution in [1.29, 1.82) is 0 Å². The molecule has 1 aromatic rings. The molecular weight excluding hydrogens is 368 g/mol. The second kappa shape index (κ2) is 7.35. The van der Waals surface area contributed by atoms with E-state index in [0.29, 0.717) is 10.5 Å². The number of rotatable bonds is 4. The smallest absolute Gasteiger partial charge is 0.264 e. The van der Waals surface area contributed by atoms with Crippen LogP contribution in [-0.4, -0.2) is 25.2 Å². The van der Waals surface area contributed by atoms with E-state index in [2.05, 4.69) is 23.9 Å². The Hall–Kier alpha value is -1.34. The van der Waals surface area contributed by atoms with Gasteiger partial charge in [-0.25, -0.2) is 8.42 Å². The van der Waals surface area contributed by atoms with Gasteiger partial charge in [-0.05, 0) is 95.3 Å². The maximum absolute atomic E-state index is 13.0. The molecule has 1 aliphatic heterocycles. The van der Waals surface area contributed by atoms with Gasteiger partial charge < -0.3 is 10.1 Å². The Morgan fingerprint density at radius 1 is 1.23 bits per heavy atom. The summed E-state index contributed by atoms with van der Waals surface area (Å²) in [5.74, 6) is 0.829. The SMILES string of the molecule is CCC(C)NC(=S)NS(=O)(=O)c1c(C)c(C)c2c(c1C)CCC(C)(C)O2. The van der Waals surface area contributed by atoms with E-state index < -0.39 is 10.0 Å². The van der Waals surface area contributed by atoms with Crippen LogP contribution in [0.15, 0.2) is 4.90 Å². The van der Waals surface area contributed by atoms with Crippen LogP contribution in [0.4, 0.5) is 0 Å². The summed E-state index contributed by atoms with van der Waals surface area (Å²) < 4.78 is 34.8. The fourth-order valence-electron chi connectivity index (χ4n) is 3.28. The van der Waals surface area contributed by atoms with Gasteiger partial charge in [-0.3, -0.25) is 4.72 Å². The first-order valence-electron chi connectivity index (χ1n) is 9.04. The van der Waals surface area contributed by atoms with Gasteiger partial charge in [-0.15, -0.1) is 0 Å². The molecule has 1 aromatic carbocycles. The Balaban J connectivity index is 2.47. The van der Waals surface area contributed by atoms with Crippen molar-refractivity contribution >= 4 is 27.4 Å². The van der Waals surface area contributed by atoms with Crippen LogP contribution in [0.5, 0.6) is 5.75 Å². The zero-order chi connectivity index (χ0) is 19.9. The molecule has 26 heavy (non-hydrogen) atoms. The van der Waals surface area contributed by atoms with Gasteiger partial charge in [0.25, 0.3) is 10.0 Å². The standard InChI is InChI=1S/C19H30N2O3S2/c1-8-11(2)20-18(25)21-26(22,23)17-13(4)12(3)16-15(14(17)5)9-10-19(6,7)24-16/h11H,8-10H2,1-7H3,(H2,20,21,25). The first-order chi connectivity index (χ1) is 11.9. The fraction of sp³-hybridized carbons (Fsp3) is 0.632. The summed E-state index contributed by atoms with van der Waals surface area (Å²) in [5, 5.41) is 3.13. The Bertz CT molecular complexity index is 830. The number of nitrogens with one attached hydrogen (secondary N) is 2. The van der Waals surface area contributed by atoms with Crippen LogP contribution in [-0.2, 0) is 16.4 Å². The highest BCUT2D eigenvalue weighted by Gasteiger charge is 2.33. The average Bonchev–Trinajstić information content (AvgIpc) is 2.50. The van der Waals surface area contributed by atoms with Gasteiger partial charge in [0, 0.05) is 6.04 Å². The van der Waals surface area contributed by atoms with Crippen LogP contribution in [0.2, 0.25) is 0 Å². The van der Waals surface area contributed by atoms with Crippen molar-refractivity contribution in [2.24, 2.45) is 0 Å². The maximum Gasteiger partial charge on any atom is 0.264 e. The molecule has 0 spiro atoms. The molecular formula is C19H30N2O3S2. The van der Waals surface area contributed by atoms with Crippen molar-refractivity contribution in [2.45, 2.75) is 84.3 Å². The van der Waals surface area contributed by atoms with Gasteiger partial charge in [0.2, 0.25) is 0 Å². The predicted octanol–water partition coefficient (Wildman–Crippen LogP) is 3.67. The zero-order valence-corrected chi connectivity index (χ0v) is 18.4. The molecule has 1 aliphatic rings. The fourth-order valence-corrected chi connectivity index (χ4v) is 5.30. The van der Waals surface area contributed by atoms with E-state index in [0.717, 1.165) is 41.7 Å². The maximum atomic E-state index is 13.0. The molecule has 0 radical (unpaired) electrons. The van der Waals surface area contributed by atoms with Crippen LogP contribution in [0.1, 0.15) is 62.8 Å². The Labute approximate surface area is 163 Å². The number of benzene rings is 1. The highest BCUT2D eigenvalue weighted by atomic mass is 32.2. The van der Waals surface area contributed by atoms with Crippen molar-refractivity contribution in [2.75, 3.05) is 0 Å². The van der Waals surface area contributed by atoms with Crippen LogP contribution < -0.4 is 14.8 Å². The average molecular weight is 399 g/mol. The van der Waals surface area contributed by atoms with Gasteiger partial charge in [0.1, 0.15) is 11.4 Å². The van der Waals surface area contributed by atoms with Crippen LogP contribution in [0.25, 0.3) is 0 Å². The first-order valence-corrected chi connectivity index (χ1v) is 10.9. The molecule has 0 saturated heterocycles. The summed E-state index contributed by atoms with van der Waals surface area (Å²) >= 11 is 5.19. The van der Waals surface area contributed by atoms with Crippen molar-refractivity contribution in [1.82, 2.24) is 10.0 Å². The Kier molecular flexibility index (Phi) is 5.93. The van der Waals surface area contributed by atoms with Gasteiger partial charge in [0.05, 0.1) is 4.90 Å². The lowest BCUT2D eigenvalue weighted by Gasteiger charge is -2.35. The lowest BCUT2D eigenvalue weighted by molar-refractivity contribution is 0.0832. The monoisotopic (exact) mass is 398 g/mol. The normalized spacial score (nSPS) is 17.0. The number of fused-ring (bicyclic) bond motifs is 1. The third-order valence-electron chi connectivity index (χ3n) is 5.15. The molecule has 0 amide bonds.